The van der Waals surface area contributed by atoms with Crippen molar-refractivity contribution in [2.45, 2.75) is 32.8 Å². The van der Waals surface area contributed by atoms with Gasteiger partial charge in [-0.15, -0.1) is 0 Å². The van der Waals surface area contributed by atoms with Gasteiger partial charge in [0.05, 0.1) is 15.5 Å². The van der Waals surface area contributed by atoms with Crippen molar-refractivity contribution in [3.05, 3.63) is 68.7 Å². The molecule has 0 aliphatic carbocycles. The topological polar surface area (TPSA) is 116 Å². The third-order valence-electron chi connectivity index (χ3n) is 3.97. The standard InChI is InChI=1S/C20H19ClN2O6/c1-3-4-18(24)22-14-7-5-13(6-8-14)19(25)12(2)29-20(26)16-10-9-15(23(27)28)11-17(16)21/h5-12H,3-4H2,1-2H3,(H,22,24)/t12-/m1/s1. The number of rotatable bonds is 8. The molecule has 0 aromatic heterocycles. The zero-order chi connectivity index (χ0) is 21.6. The van der Waals surface area contributed by atoms with E-state index >= 15 is 0 Å². The maximum absolute atomic E-state index is 12.5. The number of esters is 1. The van der Waals surface area contributed by atoms with Gasteiger partial charge in [0, 0.05) is 29.8 Å². The maximum atomic E-state index is 12.5. The van der Waals surface area contributed by atoms with Gasteiger partial charge in [-0.25, -0.2) is 4.79 Å². The molecule has 0 fully saturated rings. The summed E-state index contributed by atoms with van der Waals surface area (Å²) in [6.07, 6.45) is 0.0254. The second-order valence-corrected chi connectivity index (χ2v) is 6.62. The summed E-state index contributed by atoms with van der Waals surface area (Å²) in [5.74, 6) is -1.43. The van der Waals surface area contributed by atoms with Crippen molar-refractivity contribution < 1.29 is 24.0 Å². The van der Waals surface area contributed by atoms with Gasteiger partial charge in [-0.3, -0.25) is 19.7 Å². The highest BCUT2D eigenvalue weighted by Crippen LogP contribution is 2.24. The lowest BCUT2D eigenvalue weighted by Crippen LogP contribution is -2.24. The molecule has 1 N–H and O–H groups in total. The van der Waals surface area contributed by atoms with Crippen molar-refractivity contribution >= 4 is 40.6 Å². The van der Waals surface area contributed by atoms with Gasteiger partial charge in [0.2, 0.25) is 11.7 Å². The molecule has 152 valence electrons. The molecular weight excluding hydrogens is 400 g/mol. The largest absolute Gasteiger partial charge is 0.451 e. The van der Waals surface area contributed by atoms with Crippen LogP contribution in [0.1, 0.15) is 47.4 Å². The van der Waals surface area contributed by atoms with Crippen LogP contribution in [0.5, 0.6) is 0 Å². The van der Waals surface area contributed by atoms with Gasteiger partial charge >= 0.3 is 5.97 Å². The molecule has 0 radical (unpaired) electrons. The SMILES string of the molecule is CCCC(=O)Nc1ccc(C(=O)[C@@H](C)OC(=O)c2ccc([N+](=O)[O-])cc2Cl)cc1. The molecule has 2 rings (SSSR count). The number of ketones is 1. The van der Waals surface area contributed by atoms with E-state index in [1.165, 1.54) is 25.1 Å². The van der Waals surface area contributed by atoms with E-state index in [-0.39, 0.29) is 22.2 Å². The van der Waals surface area contributed by atoms with E-state index in [2.05, 4.69) is 5.32 Å². The number of non-ortho nitro benzene ring substituents is 1. The van der Waals surface area contributed by atoms with Crippen molar-refractivity contribution in [1.82, 2.24) is 0 Å². The fourth-order valence-corrected chi connectivity index (χ4v) is 2.72. The molecule has 1 atom stereocenters. The molecule has 2 aromatic carbocycles. The van der Waals surface area contributed by atoms with Crippen molar-refractivity contribution in [3.8, 4) is 0 Å². The van der Waals surface area contributed by atoms with Crippen LogP contribution in [0.4, 0.5) is 11.4 Å². The summed E-state index contributed by atoms with van der Waals surface area (Å²) in [6, 6.07) is 9.55. The normalized spacial score (nSPS) is 11.4. The summed E-state index contributed by atoms with van der Waals surface area (Å²) in [5, 5.41) is 13.3. The van der Waals surface area contributed by atoms with Gasteiger partial charge in [-0.1, -0.05) is 18.5 Å². The Morgan fingerprint density at radius 1 is 1.17 bits per heavy atom. The molecule has 0 aliphatic heterocycles. The number of hydrogen-bond donors (Lipinski definition) is 1. The van der Waals surface area contributed by atoms with E-state index in [4.69, 9.17) is 16.3 Å². The third-order valence-corrected chi connectivity index (χ3v) is 4.28. The molecule has 0 heterocycles. The Kier molecular flexibility index (Phi) is 7.44. The Bertz CT molecular complexity index is 942. The van der Waals surface area contributed by atoms with Crippen molar-refractivity contribution in [3.63, 3.8) is 0 Å². The lowest BCUT2D eigenvalue weighted by molar-refractivity contribution is -0.384. The average molecular weight is 419 g/mol. The minimum Gasteiger partial charge on any atom is -0.451 e. The number of benzene rings is 2. The minimum absolute atomic E-state index is 0.0779. The zero-order valence-electron chi connectivity index (χ0n) is 15.8. The highest BCUT2D eigenvalue weighted by molar-refractivity contribution is 6.33. The molecule has 2 aromatic rings. The number of carbonyl (C=O) groups is 3. The average Bonchev–Trinajstić information content (AvgIpc) is 2.67. The Balaban J connectivity index is 2.04. The molecule has 0 bridgehead atoms. The third kappa shape index (κ3) is 5.86. The van der Waals surface area contributed by atoms with Crippen LogP contribution in [0, 0.1) is 10.1 Å². The number of Topliss-reactive ketones (excluding diaryl/α,β-unsaturated/α-hetero) is 1. The van der Waals surface area contributed by atoms with Crippen molar-refractivity contribution in [1.29, 1.82) is 0 Å². The summed E-state index contributed by atoms with van der Waals surface area (Å²) >= 11 is 5.91. The van der Waals surface area contributed by atoms with Gasteiger partial charge < -0.3 is 10.1 Å². The summed E-state index contributed by atoms with van der Waals surface area (Å²) in [7, 11) is 0. The number of nitro benzene ring substituents is 1. The zero-order valence-corrected chi connectivity index (χ0v) is 16.6. The van der Waals surface area contributed by atoms with Gasteiger partial charge in [0.1, 0.15) is 0 Å². The number of nitro groups is 1. The first-order chi connectivity index (χ1) is 13.7. The Hall–Kier alpha value is -3.26. The highest BCUT2D eigenvalue weighted by atomic mass is 35.5. The quantitative estimate of drug-likeness (QED) is 0.293. The number of carbonyl (C=O) groups excluding carboxylic acids is 3. The smallest absolute Gasteiger partial charge is 0.340 e. The first-order valence-corrected chi connectivity index (χ1v) is 9.19. The van der Waals surface area contributed by atoms with Crippen LogP contribution in [0.25, 0.3) is 0 Å². The number of halogens is 1. The van der Waals surface area contributed by atoms with Crippen LogP contribution >= 0.6 is 11.6 Å². The lowest BCUT2D eigenvalue weighted by Gasteiger charge is -2.13. The van der Waals surface area contributed by atoms with Crippen LogP contribution < -0.4 is 5.32 Å². The van der Waals surface area contributed by atoms with E-state index < -0.39 is 22.8 Å². The molecule has 0 saturated heterocycles. The summed E-state index contributed by atoms with van der Waals surface area (Å²) in [6.45, 7) is 3.31. The molecule has 9 heteroatoms. The highest BCUT2D eigenvalue weighted by Gasteiger charge is 2.23. The number of amides is 1. The predicted molar refractivity (Wildman–Crippen MR) is 107 cm³/mol. The van der Waals surface area contributed by atoms with Crippen LogP contribution in [-0.4, -0.2) is 28.7 Å². The summed E-state index contributed by atoms with van der Waals surface area (Å²) in [5.41, 5.74) is 0.517. The second-order valence-electron chi connectivity index (χ2n) is 6.21. The van der Waals surface area contributed by atoms with Crippen molar-refractivity contribution in [2.24, 2.45) is 0 Å². The van der Waals surface area contributed by atoms with Gasteiger partial charge in [0.25, 0.3) is 5.69 Å². The Morgan fingerprint density at radius 2 is 1.83 bits per heavy atom. The number of nitrogens with zero attached hydrogens (tertiary/aromatic N) is 1. The molecule has 0 saturated carbocycles. The maximum Gasteiger partial charge on any atom is 0.340 e. The van der Waals surface area contributed by atoms with Crippen LogP contribution in [0.15, 0.2) is 42.5 Å². The number of ether oxygens (including phenoxy) is 1. The van der Waals surface area contributed by atoms with Crippen molar-refractivity contribution in [2.75, 3.05) is 5.32 Å². The van der Waals surface area contributed by atoms with E-state index in [0.717, 1.165) is 18.6 Å². The lowest BCUT2D eigenvalue weighted by atomic mass is 10.1. The molecule has 8 nitrogen and oxygen atoms in total. The van der Waals surface area contributed by atoms with Crippen LogP contribution in [0.2, 0.25) is 5.02 Å². The summed E-state index contributed by atoms with van der Waals surface area (Å²) < 4.78 is 5.15. The van der Waals surface area contributed by atoms with Gasteiger partial charge in [-0.05, 0) is 43.7 Å². The first-order valence-electron chi connectivity index (χ1n) is 8.82. The predicted octanol–water partition coefficient (Wildman–Crippen LogP) is 4.42. The molecule has 0 spiro atoms. The first kappa shape index (κ1) is 22.0. The number of anilines is 1. The van der Waals surface area contributed by atoms with E-state index in [1.807, 2.05) is 6.92 Å². The Morgan fingerprint density at radius 3 is 2.38 bits per heavy atom. The van der Waals surface area contributed by atoms with Crippen LogP contribution in [-0.2, 0) is 9.53 Å². The van der Waals surface area contributed by atoms with Crippen LogP contribution in [0.3, 0.4) is 0 Å². The summed E-state index contributed by atoms with van der Waals surface area (Å²) in [4.78, 5) is 46.4. The minimum atomic E-state index is -1.10. The van der Waals surface area contributed by atoms with E-state index in [9.17, 15) is 24.5 Å². The second kappa shape index (κ2) is 9.79. The number of hydrogen-bond acceptors (Lipinski definition) is 6. The fourth-order valence-electron chi connectivity index (χ4n) is 2.46. The molecule has 29 heavy (non-hydrogen) atoms. The monoisotopic (exact) mass is 418 g/mol. The number of nitrogens with one attached hydrogen (secondary N) is 1. The molecule has 1 amide bonds. The van der Waals surface area contributed by atoms with Gasteiger partial charge in [-0.2, -0.15) is 0 Å². The molecular formula is C20H19ClN2O6. The van der Waals surface area contributed by atoms with E-state index in [0.29, 0.717) is 17.7 Å². The Labute approximate surface area is 172 Å². The molecule has 0 aliphatic rings. The fraction of sp³-hybridized carbons (Fsp3) is 0.250. The molecule has 0 unspecified atom stereocenters. The van der Waals surface area contributed by atoms with Gasteiger partial charge in [0.15, 0.2) is 6.10 Å². The van der Waals surface area contributed by atoms with E-state index in [1.54, 1.807) is 12.1 Å².